The first-order valence-corrected chi connectivity index (χ1v) is 11.7. The molecule has 10 heteroatoms. The third-order valence-corrected chi connectivity index (χ3v) is 6.15. The van der Waals surface area contributed by atoms with E-state index in [0.717, 1.165) is 11.1 Å². The van der Waals surface area contributed by atoms with Gasteiger partial charge in [0.15, 0.2) is 6.61 Å². The Kier molecular flexibility index (Phi) is 7.00. The maximum Gasteiger partial charge on any atom is 0.331 e. The summed E-state index contributed by atoms with van der Waals surface area (Å²) in [5.41, 5.74) is 2.54. The van der Waals surface area contributed by atoms with Crippen LogP contribution in [0.2, 0.25) is 0 Å². The standard InChI is InChI=1S/C24H21N3O6S/c1-17-4-9-19(10-5-17)24-26-22(33-27-24)16-32-23(28)13-8-18-6-11-21(12-7-18)34(29,30)25-15-20-3-2-14-31-20/h2-14,25H,15-16H2,1H3/b13-8+. The first-order chi connectivity index (χ1) is 16.4. The van der Waals surface area contributed by atoms with Crippen LogP contribution in [0.25, 0.3) is 17.5 Å². The van der Waals surface area contributed by atoms with E-state index in [1.165, 1.54) is 30.5 Å². The van der Waals surface area contributed by atoms with Crippen LogP contribution in [0.15, 0.2) is 86.8 Å². The van der Waals surface area contributed by atoms with Crippen molar-refractivity contribution < 1.29 is 26.9 Å². The largest absolute Gasteiger partial charge is 0.468 e. The van der Waals surface area contributed by atoms with Gasteiger partial charge in [0.25, 0.3) is 5.89 Å². The van der Waals surface area contributed by atoms with E-state index in [1.807, 2.05) is 31.2 Å². The van der Waals surface area contributed by atoms with Gasteiger partial charge in [-0.15, -0.1) is 0 Å². The average molecular weight is 480 g/mol. The van der Waals surface area contributed by atoms with E-state index in [2.05, 4.69) is 14.9 Å². The van der Waals surface area contributed by atoms with Crippen LogP contribution in [0, 0.1) is 6.92 Å². The molecule has 0 aliphatic heterocycles. The molecule has 0 aliphatic carbocycles. The van der Waals surface area contributed by atoms with E-state index in [0.29, 0.717) is 17.1 Å². The summed E-state index contributed by atoms with van der Waals surface area (Å²) in [6, 6.07) is 17.0. The van der Waals surface area contributed by atoms with Crippen molar-refractivity contribution in [3.8, 4) is 11.4 Å². The predicted molar refractivity (Wildman–Crippen MR) is 122 cm³/mol. The third kappa shape index (κ3) is 6.06. The molecule has 174 valence electrons. The Bertz CT molecular complexity index is 1370. The number of nitrogens with zero attached hydrogens (tertiary/aromatic N) is 2. The van der Waals surface area contributed by atoms with Gasteiger partial charge in [-0.05, 0) is 42.8 Å². The fraction of sp³-hybridized carbons (Fsp3) is 0.125. The molecule has 0 spiro atoms. The molecule has 0 bridgehead atoms. The molecule has 0 fully saturated rings. The van der Waals surface area contributed by atoms with Crippen LogP contribution >= 0.6 is 0 Å². The highest BCUT2D eigenvalue weighted by atomic mass is 32.2. The second-order valence-electron chi connectivity index (χ2n) is 7.29. The van der Waals surface area contributed by atoms with Crippen LogP contribution in [0.4, 0.5) is 0 Å². The average Bonchev–Trinajstić information content (AvgIpc) is 3.53. The molecule has 0 saturated carbocycles. The van der Waals surface area contributed by atoms with Gasteiger partial charge < -0.3 is 13.7 Å². The number of nitrogens with one attached hydrogen (secondary N) is 1. The van der Waals surface area contributed by atoms with E-state index in [-0.39, 0.29) is 23.9 Å². The predicted octanol–water partition coefficient (Wildman–Crippen LogP) is 3.87. The molecule has 2 aromatic heterocycles. The second-order valence-corrected chi connectivity index (χ2v) is 9.06. The highest BCUT2D eigenvalue weighted by molar-refractivity contribution is 7.89. The first kappa shape index (κ1) is 23.1. The van der Waals surface area contributed by atoms with E-state index in [4.69, 9.17) is 13.7 Å². The molecular weight excluding hydrogens is 458 g/mol. The molecule has 0 aliphatic rings. The molecule has 4 rings (SSSR count). The molecule has 0 radical (unpaired) electrons. The number of aromatic nitrogens is 2. The van der Waals surface area contributed by atoms with Crippen LogP contribution < -0.4 is 4.72 Å². The summed E-state index contributed by atoms with van der Waals surface area (Å²) in [5.74, 6) is 0.490. The number of esters is 1. The van der Waals surface area contributed by atoms with Crippen molar-refractivity contribution in [2.75, 3.05) is 0 Å². The summed E-state index contributed by atoms with van der Waals surface area (Å²) in [6.07, 6.45) is 4.22. The monoisotopic (exact) mass is 479 g/mol. The van der Waals surface area contributed by atoms with Crippen molar-refractivity contribution in [3.05, 3.63) is 95.8 Å². The van der Waals surface area contributed by atoms with Crippen molar-refractivity contribution in [1.82, 2.24) is 14.9 Å². The van der Waals surface area contributed by atoms with Gasteiger partial charge in [-0.2, -0.15) is 4.98 Å². The van der Waals surface area contributed by atoms with Gasteiger partial charge in [0.1, 0.15) is 5.76 Å². The van der Waals surface area contributed by atoms with Gasteiger partial charge in [-0.1, -0.05) is 47.1 Å². The SMILES string of the molecule is Cc1ccc(-c2noc(COC(=O)/C=C/c3ccc(S(=O)(=O)NCc4ccco4)cc3)n2)cc1. The number of hydrogen-bond donors (Lipinski definition) is 1. The van der Waals surface area contributed by atoms with Gasteiger partial charge in [-0.25, -0.2) is 17.9 Å². The van der Waals surface area contributed by atoms with Crippen LogP contribution in [-0.4, -0.2) is 24.5 Å². The van der Waals surface area contributed by atoms with Crippen LogP contribution in [0.5, 0.6) is 0 Å². The number of furan rings is 1. The minimum absolute atomic E-state index is 0.0510. The van der Waals surface area contributed by atoms with Crippen molar-refractivity contribution in [3.63, 3.8) is 0 Å². The summed E-state index contributed by atoms with van der Waals surface area (Å²) >= 11 is 0. The Morgan fingerprint density at radius 1 is 1.09 bits per heavy atom. The third-order valence-electron chi connectivity index (χ3n) is 4.73. The summed E-state index contributed by atoms with van der Waals surface area (Å²) in [7, 11) is -3.69. The van der Waals surface area contributed by atoms with Crippen LogP contribution in [-0.2, 0) is 32.7 Å². The van der Waals surface area contributed by atoms with Gasteiger partial charge in [0, 0.05) is 11.6 Å². The maximum atomic E-state index is 12.4. The molecule has 0 amide bonds. The van der Waals surface area contributed by atoms with E-state index in [1.54, 1.807) is 24.3 Å². The number of carbonyl (C=O) groups excluding carboxylic acids is 1. The quantitative estimate of drug-likeness (QED) is 0.283. The number of hydrogen-bond acceptors (Lipinski definition) is 8. The number of ether oxygens (including phenoxy) is 1. The Balaban J connectivity index is 1.29. The molecule has 2 heterocycles. The first-order valence-electron chi connectivity index (χ1n) is 10.3. The molecule has 9 nitrogen and oxygen atoms in total. The summed E-state index contributed by atoms with van der Waals surface area (Å²) in [5, 5.41) is 3.89. The van der Waals surface area contributed by atoms with E-state index < -0.39 is 16.0 Å². The highest BCUT2D eigenvalue weighted by Gasteiger charge is 2.14. The van der Waals surface area contributed by atoms with Gasteiger partial charge in [-0.3, -0.25) is 0 Å². The Labute approximate surface area is 196 Å². The topological polar surface area (TPSA) is 125 Å². The zero-order chi connectivity index (χ0) is 24.0. The molecule has 34 heavy (non-hydrogen) atoms. The molecule has 0 saturated heterocycles. The Morgan fingerprint density at radius 2 is 1.85 bits per heavy atom. The normalized spacial score (nSPS) is 11.7. The van der Waals surface area contributed by atoms with Crippen molar-refractivity contribution in [1.29, 1.82) is 0 Å². The minimum Gasteiger partial charge on any atom is -0.468 e. The number of benzene rings is 2. The zero-order valence-corrected chi connectivity index (χ0v) is 19.0. The van der Waals surface area contributed by atoms with Crippen molar-refractivity contribution in [2.45, 2.75) is 25.0 Å². The van der Waals surface area contributed by atoms with E-state index >= 15 is 0 Å². The molecule has 0 unspecified atom stereocenters. The number of rotatable bonds is 9. The number of carbonyl (C=O) groups is 1. The number of sulfonamides is 1. The maximum absolute atomic E-state index is 12.4. The molecule has 2 aromatic carbocycles. The Morgan fingerprint density at radius 3 is 2.56 bits per heavy atom. The molecule has 4 aromatic rings. The Hall–Kier alpha value is -4.02. The fourth-order valence-electron chi connectivity index (χ4n) is 2.90. The second kappa shape index (κ2) is 10.3. The molecule has 0 atom stereocenters. The highest BCUT2D eigenvalue weighted by Crippen LogP contribution is 2.17. The van der Waals surface area contributed by atoms with Crippen molar-refractivity contribution >= 4 is 22.1 Å². The molecule has 1 N–H and O–H groups in total. The lowest BCUT2D eigenvalue weighted by atomic mass is 10.1. The lowest BCUT2D eigenvalue weighted by molar-refractivity contribution is -0.139. The smallest absolute Gasteiger partial charge is 0.331 e. The van der Waals surface area contributed by atoms with Gasteiger partial charge in [0.2, 0.25) is 15.8 Å². The fourth-order valence-corrected chi connectivity index (χ4v) is 3.89. The van der Waals surface area contributed by atoms with Crippen LogP contribution in [0.1, 0.15) is 22.8 Å². The lowest BCUT2D eigenvalue weighted by Gasteiger charge is -2.05. The summed E-state index contributed by atoms with van der Waals surface area (Å²) in [6.45, 7) is 1.87. The minimum atomic E-state index is -3.69. The number of aryl methyl sites for hydroxylation is 1. The van der Waals surface area contributed by atoms with E-state index in [9.17, 15) is 13.2 Å². The van der Waals surface area contributed by atoms with Gasteiger partial charge >= 0.3 is 5.97 Å². The van der Waals surface area contributed by atoms with Crippen LogP contribution in [0.3, 0.4) is 0 Å². The summed E-state index contributed by atoms with van der Waals surface area (Å²) in [4.78, 5) is 16.3. The zero-order valence-electron chi connectivity index (χ0n) is 18.2. The molecular formula is C24H21N3O6S. The lowest BCUT2D eigenvalue weighted by Crippen LogP contribution is -2.22. The van der Waals surface area contributed by atoms with Gasteiger partial charge in [0.05, 0.1) is 17.7 Å². The van der Waals surface area contributed by atoms with Crippen molar-refractivity contribution in [2.24, 2.45) is 0 Å². The summed E-state index contributed by atoms with van der Waals surface area (Å²) < 4.78 is 42.6.